The number of likely N-dealkylation sites (tertiary alicyclic amines) is 1. The third-order valence-corrected chi connectivity index (χ3v) is 5.55. The fraction of sp³-hybridized carbons (Fsp3) is 0.500. The van der Waals surface area contributed by atoms with Crippen LogP contribution in [0.2, 0.25) is 0 Å². The number of methoxy groups -OCH3 is 2. The molecule has 1 amide bonds. The number of aryl methyl sites for hydroxylation is 1. The maximum Gasteiger partial charge on any atom is 0.326 e. The van der Waals surface area contributed by atoms with Gasteiger partial charge in [-0.25, -0.2) is 4.79 Å². The van der Waals surface area contributed by atoms with E-state index in [1.165, 1.54) is 4.90 Å². The molecule has 1 aromatic heterocycles. The Balaban J connectivity index is 1.96. The van der Waals surface area contributed by atoms with Gasteiger partial charge < -0.3 is 24.0 Å². The van der Waals surface area contributed by atoms with E-state index in [-0.39, 0.29) is 18.6 Å². The Hall–Kier alpha value is -2.38. The quantitative estimate of drug-likeness (QED) is 0.839. The smallest absolute Gasteiger partial charge is 0.326 e. The molecule has 27 heavy (non-hydrogen) atoms. The van der Waals surface area contributed by atoms with Gasteiger partial charge in [-0.05, 0) is 37.6 Å². The van der Waals surface area contributed by atoms with Crippen molar-refractivity contribution in [1.82, 2.24) is 9.47 Å². The number of carboxylic acids is 1. The van der Waals surface area contributed by atoms with E-state index >= 15 is 0 Å². The van der Waals surface area contributed by atoms with Crippen LogP contribution in [-0.4, -0.2) is 66.0 Å². The summed E-state index contributed by atoms with van der Waals surface area (Å²) < 4.78 is 12.7. The van der Waals surface area contributed by atoms with Crippen LogP contribution in [0.15, 0.2) is 18.2 Å². The molecule has 7 heteroatoms. The summed E-state index contributed by atoms with van der Waals surface area (Å²) in [5.41, 5.74) is 3.79. The fourth-order valence-electron chi connectivity index (χ4n) is 3.85. The average molecular weight is 374 g/mol. The van der Waals surface area contributed by atoms with Gasteiger partial charge in [0.1, 0.15) is 6.04 Å². The minimum atomic E-state index is -0.998. The zero-order chi connectivity index (χ0) is 19.7. The van der Waals surface area contributed by atoms with Gasteiger partial charge in [0.25, 0.3) is 5.91 Å². The minimum Gasteiger partial charge on any atom is -0.480 e. The van der Waals surface area contributed by atoms with Gasteiger partial charge in [0.2, 0.25) is 0 Å². The van der Waals surface area contributed by atoms with Crippen molar-refractivity contribution in [2.24, 2.45) is 0 Å². The molecule has 1 aliphatic heterocycles. The second-order valence-electron chi connectivity index (χ2n) is 6.99. The molecule has 0 aliphatic carbocycles. The summed E-state index contributed by atoms with van der Waals surface area (Å²) in [6.45, 7) is 5.72. The van der Waals surface area contributed by atoms with Crippen molar-refractivity contribution in [2.75, 3.05) is 27.4 Å². The summed E-state index contributed by atoms with van der Waals surface area (Å²) >= 11 is 0. The number of nitrogens with zero attached hydrogens (tertiary/aromatic N) is 2. The van der Waals surface area contributed by atoms with Crippen LogP contribution >= 0.6 is 0 Å². The van der Waals surface area contributed by atoms with Gasteiger partial charge in [-0.3, -0.25) is 4.79 Å². The van der Waals surface area contributed by atoms with Gasteiger partial charge in [0.05, 0.1) is 12.7 Å². The number of aromatic nitrogens is 1. The number of benzene rings is 1. The third kappa shape index (κ3) is 3.44. The van der Waals surface area contributed by atoms with Crippen LogP contribution in [0, 0.1) is 13.8 Å². The molecular formula is C20H26N2O5. The maximum atomic E-state index is 13.0. The summed E-state index contributed by atoms with van der Waals surface area (Å²) in [4.78, 5) is 26.0. The molecule has 2 heterocycles. The minimum absolute atomic E-state index is 0.252. The molecule has 1 fully saturated rings. The highest BCUT2D eigenvalue weighted by Crippen LogP contribution is 2.28. The lowest BCUT2D eigenvalue weighted by Crippen LogP contribution is -2.40. The Morgan fingerprint density at radius 3 is 2.63 bits per heavy atom. The second kappa shape index (κ2) is 7.70. The van der Waals surface area contributed by atoms with Gasteiger partial charge in [0, 0.05) is 55.9 Å². The van der Waals surface area contributed by atoms with Gasteiger partial charge in [0.15, 0.2) is 0 Å². The SMILES string of the molecule is COCCn1c(C)c(C)c2cc(C(=O)N3CC(OC)CC3C(=O)O)ccc21. The van der Waals surface area contributed by atoms with Crippen LogP contribution in [0.25, 0.3) is 10.9 Å². The van der Waals surface area contributed by atoms with Crippen molar-refractivity contribution in [3.05, 3.63) is 35.0 Å². The molecule has 1 aromatic carbocycles. The van der Waals surface area contributed by atoms with Crippen LogP contribution in [0.3, 0.4) is 0 Å². The van der Waals surface area contributed by atoms with Crippen molar-refractivity contribution in [1.29, 1.82) is 0 Å². The standard InChI is InChI=1S/C20H26N2O5/c1-12-13(2)21(7-8-26-3)17-6-5-14(9-16(12)17)19(23)22-11-15(27-4)10-18(22)20(24)25/h5-6,9,15,18H,7-8,10-11H2,1-4H3,(H,24,25). The number of carbonyl (C=O) groups is 2. The normalized spacial score (nSPS) is 19.8. The largest absolute Gasteiger partial charge is 0.480 e. The van der Waals surface area contributed by atoms with Gasteiger partial charge in [-0.1, -0.05) is 0 Å². The van der Waals surface area contributed by atoms with Gasteiger partial charge in [-0.15, -0.1) is 0 Å². The first-order valence-electron chi connectivity index (χ1n) is 9.04. The van der Waals surface area contributed by atoms with Crippen LogP contribution in [-0.2, 0) is 20.8 Å². The van der Waals surface area contributed by atoms with E-state index in [0.717, 1.165) is 28.7 Å². The van der Waals surface area contributed by atoms with Crippen LogP contribution in [0.4, 0.5) is 0 Å². The van der Waals surface area contributed by atoms with Crippen molar-refractivity contribution >= 4 is 22.8 Å². The van der Waals surface area contributed by atoms with E-state index in [4.69, 9.17) is 9.47 Å². The van der Waals surface area contributed by atoms with E-state index < -0.39 is 12.0 Å². The van der Waals surface area contributed by atoms with Crippen molar-refractivity contribution in [3.8, 4) is 0 Å². The van der Waals surface area contributed by atoms with E-state index in [9.17, 15) is 14.7 Å². The molecular weight excluding hydrogens is 348 g/mol. The number of fused-ring (bicyclic) bond motifs is 1. The number of carbonyl (C=O) groups excluding carboxylic acids is 1. The molecule has 1 saturated heterocycles. The Labute approximate surface area is 158 Å². The molecule has 2 unspecified atom stereocenters. The Kier molecular flexibility index (Phi) is 5.53. The lowest BCUT2D eigenvalue weighted by Gasteiger charge is -2.21. The Morgan fingerprint density at radius 2 is 2.00 bits per heavy atom. The molecule has 3 rings (SSSR count). The number of carboxylic acid groups (broad SMARTS) is 1. The summed E-state index contributed by atoms with van der Waals surface area (Å²) in [5.74, 6) is -1.27. The summed E-state index contributed by atoms with van der Waals surface area (Å²) in [7, 11) is 3.21. The molecule has 146 valence electrons. The highest BCUT2D eigenvalue weighted by Gasteiger charge is 2.40. The summed E-state index contributed by atoms with van der Waals surface area (Å²) in [6.07, 6.45) is 0.0589. The fourth-order valence-corrected chi connectivity index (χ4v) is 3.85. The molecule has 1 N–H and O–H groups in total. The molecule has 0 bridgehead atoms. The summed E-state index contributed by atoms with van der Waals surface area (Å²) in [5, 5.41) is 10.5. The van der Waals surface area contributed by atoms with E-state index in [1.807, 2.05) is 19.1 Å². The third-order valence-electron chi connectivity index (χ3n) is 5.55. The second-order valence-corrected chi connectivity index (χ2v) is 6.99. The first kappa shape index (κ1) is 19.4. The van der Waals surface area contributed by atoms with Crippen LogP contribution in [0.1, 0.15) is 28.0 Å². The topological polar surface area (TPSA) is 81.0 Å². The van der Waals surface area contributed by atoms with Crippen molar-refractivity contribution in [2.45, 2.75) is 39.0 Å². The van der Waals surface area contributed by atoms with Crippen LogP contribution < -0.4 is 0 Å². The zero-order valence-corrected chi connectivity index (χ0v) is 16.2. The van der Waals surface area contributed by atoms with Crippen LogP contribution in [0.5, 0.6) is 0 Å². The number of aliphatic carboxylic acids is 1. The lowest BCUT2D eigenvalue weighted by molar-refractivity contribution is -0.141. The van der Waals surface area contributed by atoms with E-state index in [2.05, 4.69) is 11.5 Å². The number of hydrogen-bond acceptors (Lipinski definition) is 4. The molecule has 7 nitrogen and oxygen atoms in total. The predicted molar refractivity (Wildman–Crippen MR) is 101 cm³/mol. The van der Waals surface area contributed by atoms with Crippen molar-refractivity contribution in [3.63, 3.8) is 0 Å². The Bertz CT molecular complexity index is 873. The Morgan fingerprint density at radius 1 is 1.26 bits per heavy atom. The molecule has 2 atom stereocenters. The molecule has 0 saturated carbocycles. The highest BCUT2D eigenvalue weighted by atomic mass is 16.5. The number of ether oxygens (including phenoxy) is 2. The van der Waals surface area contributed by atoms with Gasteiger partial charge >= 0.3 is 5.97 Å². The average Bonchev–Trinajstić information content (AvgIpc) is 3.20. The summed E-state index contributed by atoms with van der Waals surface area (Å²) in [6, 6.07) is 4.71. The van der Waals surface area contributed by atoms with Gasteiger partial charge in [-0.2, -0.15) is 0 Å². The number of hydrogen-bond donors (Lipinski definition) is 1. The predicted octanol–water partition coefficient (Wildman–Crippen LogP) is 2.22. The number of rotatable bonds is 6. The number of amides is 1. The maximum absolute atomic E-state index is 13.0. The zero-order valence-electron chi connectivity index (χ0n) is 16.2. The van der Waals surface area contributed by atoms with E-state index in [1.54, 1.807) is 20.3 Å². The first-order chi connectivity index (χ1) is 12.9. The van der Waals surface area contributed by atoms with Crippen molar-refractivity contribution < 1.29 is 24.2 Å². The van der Waals surface area contributed by atoms with E-state index in [0.29, 0.717) is 18.6 Å². The highest BCUT2D eigenvalue weighted by molar-refractivity contribution is 6.01. The monoisotopic (exact) mass is 374 g/mol. The molecule has 2 aromatic rings. The molecule has 0 radical (unpaired) electrons. The molecule has 0 spiro atoms. The first-order valence-corrected chi connectivity index (χ1v) is 9.04. The lowest BCUT2D eigenvalue weighted by atomic mass is 10.1. The molecule has 1 aliphatic rings.